The number of hydrogen-bond donors (Lipinski definition) is 3. The number of benzene rings is 4. The molecule has 0 radical (unpaired) electrons. The van der Waals surface area contributed by atoms with Crippen LogP contribution in [-0.4, -0.2) is 34.7 Å². The number of nitrogens with one attached hydrogen (secondary N) is 2. The van der Waals surface area contributed by atoms with Gasteiger partial charge in [-0.2, -0.15) is 24.9 Å². The molecular formula is C33H27F3N2O4S. The first-order valence-corrected chi connectivity index (χ1v) is 14.3. The van der Waals surface area contributed by atoms with Gasteiger partial charge in [0.15, 0.2) is 0 Å². The quantitative estimate of drug-likeness (QED) is 0.167. The lowest BCUT2D eigenvalue weighted by atomic mass is 10.0. The summed E-state index contributed by atoms with van der Waals surface area (Å²) in [5.74, 6) is -2.36. The Morgan fingerprint density at radius 1 is 0.791 bits per heavy atom. The minimum absolute atomic E-state index is 0.0574. The Morgan fingerprint density at radius 2 is 1.37 bits per heavy atom. The van der Waals surface area contributed by atoms with E-state index in [0.717, 1.165) is 41.0 Å². The zero-order chi connectivity index (χ0) is 30.8. The summed E-state index contributed by atoms with van der Waals surface area (Å²) in [4.78, 5) is 38.2. The number of carbonyl (C=O) groups excluding carboxylic acids is 2. The van der Waals surface area contributed by atoms with Crippen molar-refractivity contribution in [1.29, 1.82) is 0 Å². The molecule has 0 aliphatic carbocycles. The van der Waals surface area contributed by atoms with Crippen LogP contribution in [0, 0.1) is 0 Å². The third-order valence-corrected chi connectivity index (χ3v) is 7.40. The van der Waals surface area contributed by atoms with E-state index in [9.17, 15) is 32.7 Å². The van der Waals surface area contributed by atoms with Crippen molar-refractivity contribution in [1.82, 2.24) is 10.6 Å². The van der Waals surface area contributed by atoms with Crippen LogP contribution in [0.15, 0.2) is 115 Å². The lowest BCUT2D eigenvalue weighted by Crippen LogP contribution is -2.45. The number of carbonyl (C=O) groups is 3. The summed E-state index contributed by atoms with van der Waals surface area (Å²) in [5.41, 5.74) is 2.11. The maximum atomic E-state index is 13.3. The number of carboxylic acids is 1. The van der Waals surface area contributed by atoms with Gasteiger partial charge in [0.1, 0.15) is 11.7 Å². The summed E-state index contributed by atoms with van der Waals surface area (Å²) >= 11 is 1.32. The summed E-state index contributed by atoms with van der Waals surface area (Å²) in [6.45, 7) is 0. The zero-order valence-corrected chi connectivity index (χ0v) is 23.5. The molecule has 0 saturated carbocycles. The van der Waals surface area contributed by atoms with Crippen LogP contribution in [0.5, 0.6) is 0 Å². The molecule has 4 aromatic rings. The van der Waals surface area contributed by atoms with Gasteiger partial charge in [0, 0.05) is 17.1 Å². The molecule has 220 valence electrons. The van der Waals surface area contributed by atoms with Crippen LogP contribution in [0.1, 0.15) is 27.0 Å². The number of carboxylic acid groups (broad SMARTS) is 1. The van der Waals surface area contributed by atoms with Gasteiger partial charge in [-0.1, -0.05) is 84.9 Å². The minimum Gasteiger partial charge on any atom is -0.480 e. The number of aliphatic carboxylic acids is 1. The summed E-state index contributed by atoms with van der Waals surface area (Å²) in [6, 6.07) is 28.4. The molecule has 3 N–H and O–H groups in total. The molecule has 4 rings (SSSR count). The minimum atomic E-state index is -4.57. The Kier molecular flexibility index (Phi) is 10.4. The molecule has 2 amide bonds. The van der Waals surface area contributed by atoms with Crippen molar-refractivity contribution in [3.8, 4) is 11.1 Å². The average Bonchev–Trinajstić information content (AvgIpc) is 3.01. The summed E-state index contributed by atoms with van der Waals surface area (Å²) < 4.78 is 38.9. The van der Waals surface area contributed by atoms with E-state index in [-0.39, 0.29) is 17.0 Å². The van der Waals surface area contributed by atoms with Crippen LogP contribution in [0.25, 0.3) is 17.2 Å². The van der Waals surface area contributed by atoms with Crippen molar-refractivity contribution in [2.45, 2.75) is 18.0 Å². The molecule has 0 aliphatic rings. The van der Waals surface area contributed by atoms with Gasteiger partial charge >= 0.3 is 12.1 Å². The highest BCUT2D eigenvalue weighted by Gasteiger charge is 2.30. The first-order chi connectivity index (χ1) is 20.6. The topological polar surface area (TPSA) is 95.5 Å². The zero-order valence-electron chi connectivity index (χ0n) is 22.7. The number of thioether (sulfide) groups is 1. The molecule has 0 spiro atoms. The van der Waals surface area contributed by atoms with Gasteiger partial charge in [0.05, 0.1) is 5.56 Å². The molecule has 0 bridgehead atoms. The second-order valence-electron chi connectivity index (χ2n) is 9.44. The van der Waals surface area contributed by atoms with E-state index >= 15 is 0 Å². The van der Waals surface area contributed by atoms with Gasteiger partial charge in [-0.15, -0.1) is 0 Å². The molecule has 6 nitrogen and oxygen atoms in total. The first kappa shape index (κ1) is 31.1. The third-order valence-electron chi connectivity index (χ3n) is 6.30. The summed E-state index contributed by atoms with van der Waals surface area (Å²) in [6.07, 6.45) is -3.20. The van der Waals surface area contributed by atoms with Gasteiger partial charge in [-0.25, -0.2) is 4.79 Å². The lowest BCUT2D eigenvalue weighted by Gasteiger charge is -2.17. The Bertz CT molecular complexity index is 1570. The molecule has 1 atom stereocenters. The highest BCUT2D eigenvalue weighted by molar-refractivity contribution is 7.98. The second-order valence-corrected chi connectivity index (χ2v) is 10.5. The number of alkyl halides is 3. The van der Waals surface area contributed by atoms with Crippen molar-refractivity contribution in [3.05, 3.63) is 137 Å². The third kappa shape index (κ3) is 9.08. The first-order valence-electron chi connectivity index (χ1n) is 13.1. The number of amides is 2. The second kappa shape index (κ2) is 14.4. The molecule has 0 fully saturated rings. The summed E-state index contributed by atoms with van der Waals surface area (Å²) in [7, 11) is 0. The molecule has 0 aromatic heterocycles. The molecule has 10 heteroatoms. The van der Waals surface area contributed by atoms with Crippen LogP contribution in [0.3, 0.4) is 0 Å². The van der Waals surface area contributed by atoms with Crippen LogP contribution in [-0.2, 0) is 21.5 Å². The van der Waals surface area contributed by atoms with Crippen molar-refractivity contribution in [3.63, 3.8) is 0 Å². The van der Waals surface area contributed by atoms with Crippen LogP contribution < -0.4 is 10.6 Å². The van der Waals surface area contributed by atoms with E-state index in [1.165, 1.54) is 17.8 Å². The fourth-order valence-electron chi connectivity index (χ4n) is 4.01. The normalized spacial score (nSPS) is 12.3. The van der Waals surface area contributed by atoms with Crippen LogP contribution >= 0.6 is 11.8 Å². The van der Waals surface area contributed by atoms with Gasteiger partial charge in [0.25, 0.3) is 11.8 Å². The van der Waals surface area contributed by atoms with Crippen molar-refractivity contribution in [2.24, 2.45) is 0 Å². The fourth-order valence-corrected chi connectivity index (χ4v) is 5.02. The molecule has 0 saturated heterocycles. The Hall–Kier alpha value is -4.83. The average molecular weight is 605 g/mol. The van der Waals surface area contributed by atoms with E-state index < -0.39 is 35.6 Å². The Morgan fingerprint density at radius 3 is 1.95 bits per heavy atom. The SMILES string of the molecule is O=C(N[C@@H](CSCc1ccccc1)C(=O)O)/C(=C\c1ccc(-c2ccccc2)cc1)NC(=O)c1ccc(C(F)(F)F)cc1. The number of rotatable bonds is 11. The van der Waals surface area contributed by atoms with Crippen molar-refractivity contribution < 1.29 is 32.7 Å². The fraction of sp³-hybridized carbons (Fsp3) is 0.121. The van der Waals surface area contributed by atoms with Gasteiger partial charge < -0.3 is 15.7 Å². The van der Waals surface area contributed by atoms with E-state index in [4.69, 9.17) is 0 Å². The molecule has 0 heterocycles. The van der Waals surface area contributed by atoms with Gasteiger partial charge in [-0.05, 0) is 52.6 Å². The highest BCUT2D eigenvalue weighted by atomic mass is 32.2. The van der Waals surface area contributed by atoms with Crippen molar-refractivity contribution in [2.75, 3.05) is 5.75 Å². The molecule has 4 aromatic carbocycles. The molecular weight excluding hydrogens is 577 g/mol. The lowest BCUT2D eigenvalue weighted by molar-refractivity contribution is -0.140. The smallest absolute Gasteiger partial charge is 0.416 e. The van der Waals surface area contributed by atoms with E-state index in [0.29, 0.717) is 11.3 Å². The van der Waals surface area contributed by atoms with Crippen LogP contribution in [0.4, 0.5) is 13.2 Å². The predicted octanol–water partition coefficient (Wildman–Crippen LogP) is 6.65. The summed E-state index contributed by atoms with van der Waals surface area (Å²) in [5, 5.41) is 14.7. The van der Waals surface area contributed by atoms with E-state index in [2.05, 4.69) is 10.6 Å². The predicted molar refractivity (Wildman–Crippen MR) is 161 cm³/mol. The molecule has 0 aliphatic heterocycles. The van der Waals surface area contributed by atoms with E-state index in [1.807, 2.05) is 72.8 Å². The maximum absolute atomic E-state index is 13.3. The van der Waals surface area contributed by atoms with Crippen molar-refractivity contribution >= 4 is 35.6 Å². The Labute approximate surface area is 250 Å². The maximum Gasteiger partial charge on any atom is 0.416 e. The van der Waals surface area contributed by atoms with Gasteiger partial charge in [0.2, 0.25) is 0 Å². The monoisotopic (exact) mass is 604 g/mol. The largest absolute Gasteiger partial charge is 0.480 e. The highest BCUT2D eigenvalue weighted by Crippen LogP contribution is 2.29. The number of hydrogen-bond acceptors (Lipinski definition) is 4. The number of halogens is 3. The van der Waals surface area contributed by atoms with Gasteiger partial charge in [-0.3, -0.25) is 9.59 Å². The Balaban J connectivity index is 1.55. The van der Waals surface area contributed by atoms with E-state index in [1.54, 1.807) is 12.1 Å². The molecule has 0 unspecified atom stereocenters. The standard InChI is InChI=1S/C33H27F3N2O4S/c34-33(35,36)27-17-15-26(16-18-27)30(39)37-28(19-22-11-13-25(14-12-22)24-9-5-2-6-10-24)31(40)38-29(32(41)42)21-43-20-23-7-3-1-4-8-23/h1-19,29H,20-21H2,(H,37,39)(H,38,40)(H,41,42)/b28-19+/t29-/m0/s1. The molecule has 43 heavy (non-hydrogen) atoms. The van der Waals surface area contributed by atoms with Crippen LogP contribution in [0.2, 0.25) is 0 Å².